The third-order valence-corrected chi connectivity index (χ3v) is 4.97. The van der Waals surface area contributed by atoms with Crippen LogP contribution in [0.2, 0.25) is 0 Å². The Bertz CT molecular complexity index is 791. The first kappa shape index (κ1) is 15.7. The smallest absolute Gasteiger partial charge is 0.325 e. The largest absolute Gasteiger partial charge is 0.336 e. The minimum absolute atomic E-state index is 0.0257. The summed E-state index contributed by atoms with van der Waals surface area (Å²) in [5, 5.41) is 0. The number of anilines is 1. The van der Waals surface area contributed by atoms with Crippen molar-refractivity contribution in [3.63, 3.8) is 0 Å². The highest BCUT2D eigenvalue weighted by molar-refractivity contribution is 5.96. The Labute approximate surface area is 147 Å². The summed E-state index contributed by atoms with van der Waals surface area (Å²) in [6, 6.07) is 17.8. The van der Waals surface area contributed by atoms with Crippen molar-refractivity contribution in [2.45, 2.75) is 13.0 Å². The van der Waals surface area contributed by atoms with E-state index in [1.54, 1.807) is 9.80 Å². The molecule has 1 saturated heterocycles. The molecule has 0 unspecified atom stereocenters. The highest BCUT2D eigenvalue weighted by atomic mass is 16.2. The molecule has 0 atom stereocenters. The van der Waals surface area contributed by atoms with E-state index in [1.807, 2.05) is 47.4 Å². The zero-order chi connectivity index (χ0) is 17.2. The summed E-state index contributed by atoms with van der Waals surface area (Å²) in [6.45, 7) is 2.73. The summed E-state index contributed by atoms with van der Waals surface area (Å²) in [5.74, 6) is 0.0257. The molecule has 0 radical (unpaired) electrons. The number of amides is 3. The highest BCUT2D eigenvalue weighted by Gasteiger charge is 2.32. The molecule has 2 aromatic rings. The van der Waals surface area contributed by atoms with Gasteiger partial charge in [-0.05, 0) is 29.7 Å². The van der Waals surface area contributed by atoms with Gasteiger partial charge in [0, 0.05) is 31.9 Å². The first-order chi connectivity index (χ1) is 12.2. The van der Waals surface area contributed by atoms with Gasteiger partial charge in [-0.15, -0.1) is 0 Å². The molecule has 0 aliphatic carbocycles. The number of hydrogen-bond acceptors (Lipinski definition) is 2. The van der Waals surface area contributed by atoms with Gasteiger partial charge >= 0.3 is 6.03 Å². The van der Waals surface area contributed by atoms with E-state index in [-0.39, 0.29) is 18.5 Å². The summed E-state index contributed by atoms with van der Waals surface area (Å²) >= 11 is 0. The molecule has 2 aromatic carbocycles. The zero-order valence-corrected chi connectivity index (χ0v) is 14.1. The standard InChI is InChI=1S/C20H21N3O2/c24-19(21-11-10-16-6-4-5-7-17(16)14-21)15-22-12-13-23(20(22)25)18-8-2-1-3-9-18/h1-9H,10-15H2. The molecule has 0 aromatic heterocycles. The van der Waals surface area contributed by atoms with Crippen molar-refractivity contribution in [2.75, 3.05) is 31.1 Å². The van der Waals surface area contributed by atoms with Gasteiger partial charge in [0.25, 0.3) is 0 Å². The van der Waals surface area contributed by atoms with E-state index in [4.69, 9.17) is 0 Å². The van der Waals surface area contributed by atoms with E-state index in [0.717, 1.165) is 18.7 Å². The van der Waals surface area contributed by atoms with Gasteiger partial charge < -0.3 is 9.80 Å². The van der Waals surface area contributed by atoms with Crippen LogP contribution in [0.3, 0.4) is 0 Å². The minimum Gasteiger partial charge on any atom is -0.336 e. The van der Waals surface area contributed by atoms with Crippen molar-refractivity contribution in [1.82, 2.24) is 9.80 Å². The molecular formula is C20H21N3O2. The van der Waals surface area contributed by atoms with Crippen molar-refractivity contribution in [3.05, 3.63) is 65.7 Å². The number of fused-ring (bicyclic) bond motifs is 1. The number of urea groups is 1. The molecule has 0 N–H and O–H groups in total. The molecular weight excluding hydrogens is 314 g/mol. The fraction of sp³-hybridized carbons (Fsp3) is 0.300. The van der Waals surface area contributed by atoms with Gasteiger partial charge in [0.2, 0.25) is 5.91 Å². The SMILES string of the molecule is O=C(CN1CCN(c2ccccc2)C1=O)N1CCc2ccccc2C1. The van der Waals surface area contributed by atoms with E-state index in [1.165, 1.54) is 11.1 Å². The molecule has 2 heterocycles. The molecule has 5 heteroatoms. The van der Waals surface area contributed by atoms with Crippen molar-refractivity contribution in [1.29, 1.82) is 0 Å². The molecule has 5 nitrogen and oxygen atoms in total. The van der Waals surface area contributed by atoms with Crippen LogP contribution in [-0.4, -0.2) is 47.9 Å². The lowest BCUT2D eigenvalue weighted by Gasteiger charge is -2.30. The lowest BCUT2D eigenvalue weighted by atomic mass is 10.00. The van der Waals surface area contributed by atoms with Crippen LogP contribution in [0.1, 0.15) is 11.1 Å². The number of carbonyl (C=O) groups is 2. The Morgan fingerprint density at radius 3 is 2.40 bits per heavy atom. The first-order valence-corrected chi connectivity index (χ1v) is 8.68. The third kappa shape index (κ3) is 3.09. The predicted octanol–water partition coefficient (Wildman–Crippen LogP) is 2.51. The molecule has 128 valence electrons. The van der Waals surface area contributed by atoms with Crippen LogP contribution in [0.15, 0.2) is 54.6 Å². The predicted molar refractivity (Wildman–Crippen MR) is 96.3 cm³/mol. The first-order valence-electron chi connectivity index (χ1n) is 8.68. The van der Waals surface area contributed by atoms with E-state index in [9.17, 15) is 9.59 Å². The van der Waals surface area contributed by atoms with E-state index in [0.29, 0.717) is 19.6 Å². The van der Waals surface area contributed by atoms with Gasteiger partial charge in [-0.3, -0.25) is 9.69 Å². The van der Waals surface area contributed by atoms with Crippen LogP contribution < -0.4 is 4.90 Å². The van der Waals surface area contributed by atoms with Gasteiger partial charge in [-0.25, -0.2) is 4.79 Å². The summed E-state index contributed by atoms with van der Waals surface area (Å²) in [6.07, 6.45) is 0.881. The maximum atomic E-state index is 12.7. The molecule has 0 saturated carbocycles. The van der Waals surface area contributed by atoms with Crippen molar-refractivity contribution in [2.24, 2.45) is 0 Å². The second-order valence-corrected chi connectivity index (χ2v) is 6.53. The monoisotopic (exact) mass is 335 g/mol. The lowest BCUT2D eigenvalue weighted by molar-refractivity contribution is -0.132. The molecule has 1 fully saturated rings. The molecule has 0 spiro atoms. The van der Waals surface area contributed by atoms with Gasteiger partial charge in [-0.1, -0.05) is 42.5 Å². The molecule has 25 heavy (non-hydrogen) atoms. The summed E-state index contributed by atoms with van der Waals surface area (Å²) in [5.41, 5.74) is 3.41. The van der Waals surface area contributed by atoms with E-state index < -0.39 is 0 Å². The Balaban J connectivity index is 1.40. The topological polar surface area (TPSA) is 43.9 Å². The van der Waals surface area contributed by atoms with E-state index in [2.05, 4.69) is 12.1 Å². The summed E-state index contributed by atoms with van der Waals surface area (Å²) in [4.78, 5) is 30.5. The normalized spacial score (nSPS) is 17.0. The zero-order valence-electron chi connectivity index (χ0n) is 14.1. The Hall–Kier alpha value is -2.82. The van der Waals surface area contributed by atoms with Gasteiger partial charge in [0.1, 0.15) is 6.54 Å². The van der Waals surface area contributed by atoms with Crippen LogP contribution in [0.5, 0.6) is 0 Å². The Kier molecular flexibility index (Phi) is 4.14. The number of nitrogens with zero attached hydrogens (tertiary/aromatic N) is 3. The van der Waals surface area contributed by atoms with Crippen LogP contribution in [-0.2, 0) is 17.8 Å². The van der Waals surface area contributed by atoms with Gasteiger partial charge in [0.05, 0.1) is 0 Å². The highest BCUT2D eigenvalue weighted by Crippen LogP contribution is 2.21. The molecule has 3 amide bonds. The van der Waals surface area contributed by atoms with Crippen LogP contribution in [0, 0.1) is 0 Å². The average Bonchev–Trinajstić information content (AvgIpc) is 3.02. The van der Waals surface area contributed by atoms with Crippen molar-refractivity contribution in [3.8, 4) is 0 Å². The lowest BCUT2D eigenvalue weighted by Crippen LogP contribution is -2.44. The summed E-state index contributed by atoms with van der Waals surface area (Å²) in [7, 11) is 0. The molecule has 2 aliphatic rings. The second-order valence-electron chi connectivity index (χ2n) is 6.53. The number of rotatable bonds is 3. The Morgan fingerprint density at radius 1 is 0.880 bits per heavy atom. The number of carbonyl (C=O) groups excluding carboxylic acids is 2. The van der Waals surface area contributed by atoms with Crippen LogP contribution >= 0.6 is 0 Å². The fourth-order valence-electron chi connectivity index (χ4n) is 3.55. The van der Waals surface area contributed by atoms with Gasteiger partial charge in [0.15, 0.2) is 0 Å². The maximum absolute atomic E-state index is 12.7. The third-order valence-electron chi connectivity index (χ3n) is 4.97. The van der Waals surface area contributed by atoms with Crippen LogP contribution in [0.25, 0.3) is 0 Å². The number of para-hydroxylation sites is 1. The summed E-state index contributed by atoms with van der Waals surface area (Å²) < 4.78 is 0. The molecule has 4 rings (SSSR count). The number of benzene rings is 2. The second kappa shape index (κ2) is 6.59. The van der Waals surface area contributed by atoms with E-state index >= 15 is 0 Å². The average molecular weight is 335 g/mol. The fourth-order valence-corrected chi connectivity index (χ4v) is 3.55. The minimum atomic E-state index is -0.0861. The van der Waals surface area contributed by atoms with Crippen molar-refractivity contribution >= 4 is 17.6 Å². The quantitative estimate of drug-likeness (QED) is 0.865. The van der Waals surface area contributed by atoms with Gasteiger partial charge in [-0.2, -0.15) is 0 Å². The molecule has 2 aliphatic heterocycles. The Morgan fingerprint density at radius 2 is 1.60 bits per heavy atom. The maximum Gasteiger partial charge on any atom is 0.325 e. The molecule has 0 bridgehead atoms. The number of hydrogen-bond donors (Lipinski definition) is 0. The van der Waals surface area contributed by atoms with Crippen LogP contribution in [0.4, 0.5) is 10.5 Å². The van der Waals surface area contributed by atoms with Crippen molar-refractivity contribution < 1.29 is 9.59 Å².